The van der Waals surface area contributed by atoms with E-state index in [1.165, 1.54) is 5.57 Å². The standard InChI is InChI=1S/C17H21NO3S/c1-9(2)13-11-5-6-12(13)15(17(20)21)14(11)16(19)18-8-10-4-3-7-22-10/h3-4,7,11-12,14-15H,5-6,8H2,1-2H3,(H,18,19)(H,20,21)/p-1/t11-,12-,14+,15-/m0/s1. The second-order valence-electron chi connectivity index (χ2n) is 6.41. The van der Waals surface area contributed by atoms with Gasteiger partial charge in [0, 0.05) is 16.8 Å². The molecule has 2 saturated carbocycles. The van der Waals surface area contributed by atoms with E-state index >= 15 is 0 Å². The van der Waals surface area contributed by atoms with Crippen LogP contribution in [0.3, 0.4) is 0 Å². The van der Waals surface area contributed by atoms with Crippen LogP contribution < -0.4 is 10.4 Å². The molecule has 118 valence electrons. The van der Waals surface area contributed by atoms with Crippen LogP contribution in [0.25, 0.3) is 0 Å². The first-order valence-corrected chi connectivity index (χ1v) is 8.57. The summed E-state index contributed by atoms with van der Waals surface area (Å²) in [7, 11) is 0. The lowest BCUT2D eigenvalue weighted by Gasteiger charge is -2.30. The summed E-state index contributed by atoms with van der Waals surface area (Å²) >= 11 is 1.58. The van der Waals surface area contributed by atoms with Gasteiger partial charge in [0.15, 0.2) is 0 Å². The van der Waals surface area contributed by atoms with E-state index in [9.17, 15) is 14.7 Å². The van der Waals surface area contributed by atoms with E-state index < -0.39 is 17.8 Å². The summed E-state index contributed by atoms with van der Waals surface area (Å²) in [5, 5.41) is 16.5. The molecule has 0 radical (unpaired) electrons. The maximum Gasteiger partial charge on any atom is 0.224 e. The molecule has 1 amide bonds. The maximum atomic E-state index is 12.6. The van der Waals surface area contributed by atoms with Gasteiger partial charge < -0.3 is 15.2 Å². The van der Waals surface area contributed by atoms with Gasteiger partial charge in [-0.15, -0.1) is 11.3 Å². The first-order valence-electron chi connectivity index (χ1n) is 7.69. The molecule has 22 heavy (non-hydrogen) atoms. The molecule has 4 atom stereocenters. The van der Waals surface area contributed by atoms with Crippen LogP contribution in [0.1, 0.15) is 31.6 Å². The van der Waals surface area contributed by atoms with E-state index in [-0.39, 0.29) is 17.7 Å². The zero-order valence-corrected chi connectivity index (χ0v) is 13.6. The van der Waals surface area contributed by atoms with Crippen molar-refractivity contribution in [2.75, 3.05) is 0 Å². The smallest absolute Gasteiger partial charge is 0.224 e. The zero-order valence-electron chi connectivity index (χ0n) is 12.8. The molecular formula is C17H20NO3S-. The predicted molar refractivity (Wildman–Crippen MR) is 82.7 cm³/mol. The quantitative estimate of drug-likeness (QED) is 0.860. The Balaban J connectivity index is 1.80. The predicted octanol–water partition coefficient (Wildman–Crippen LogP) is 1.72. The molecule has 1 N–H and O–H groups in total. The van der Waals surface area contributed by atoms with E-state index in [0.29, 0.717) is 6.54 Å². The normalized spacial score (nSPS) is 29.6. The summed E-state index contributed by atoms with van der Waals surface area (Å²) < 4.78 is 0. The summed E-state index contributed by atoms with van der Waals surface area (Å²) in [6.07, 6.45) is 1.77. The Labute approximate surface area is 134 Å². The van der Waals surface area contributed by atoms with Gasteiger partial charge in [0.2, 0.25) is 5.91 Å². The Bertz CT molecular complexity index is 616. The third-order valence-electron chi connectivity index (χ3n) is 5.01. The summed E-state index contributed by atoms with van der Waals surface area (Å²) in [5.74, 6) is -2.32. The topological polar surface area (TPSA) is 69.2 Å². The maximum absolute atomic E-state index is 12.6. The number of carboxylic acid groups (broad SMARTS) is 1. The molecule has 2 fully saturated rings. The monoisotopic (exact) mass is 318 g/mol. The second kappa shape index (κ2) is 5.88. The zero-order chi connectivity index (χ0) is 15.9. The molecule has 1 heterocycles. The van der Waals surface area contributed by atoms with Crippen molar-refractivity contribution < 1.29 is 14.7 Å². The van der Waals surface area contributed by atoms with E-state index in [1.807, 2.05) is 31.4 Å². The Morgan fingerprint density at radius 2 is 1.95 bits per heavy atom. The van der Waals surface area contributed by atoms with E-state index in [2.05, 4.69) is 5.32 Å². The summed E-state index contributed by atoms with van der Waals surface area (Å²) in [4.78, 5) is 25.3. The molecule has 4 nitrogen and oxygen atoms in total. The number of amides is 1. The number of carbonyl (C=O) groups excluding carboxylic acids is 2. The molecule has 5 heteroatoms. The molecule has 2 aliphatic carbocycles. The Morgan fingerprint density at radius 1 is 1.27 bits per heavy atom. The van der Waals surface area contributed by atoms with Gasteiger partial charge in [-0.1, -0.05) is 17.2 Å². The molecule has 0 aromatic carbocycles. The highest BCUT2D eigenvalue weighted by molar-refractivity contribution is 7.09. The molecule has 0 saturated heterocycles. The number of allylic oxidation sites excluding steroid dienone is 2. The van der Waals surface area contributed by atoms with Gasteiger partial charge in [-0.2, -0.15) is 0 Å². The largest absolute Gasteiger partial charge is 0.550 e. The summed E-state index contributed by atoms with van der Waals surface area (Å²) in [6, 6.07) is 3.90. The van der Waals surface area contributed by atoms with Crippen molar-refractivity contribution in [3.8, 4) is 0 Å². The van der Waals surface area contributed by atoms with Crippen LogP contribution in [-0.2, 0) is 16.1 Å². The Hall–Kier alpha value is -1.62. The minimum absolute atomic E-state index is 0.0162. The minimum Gasteiger partial charge on any atom is -0.550 e. The number of carboxylic acids is 1. The number of aliphatic carboxylic acids is 1. The van der Waals surface area contributed by atoms with Crippen LogP contribution in [-0.4, -0.2) is 11.9 Å². The van der Waals surface area contributed by atoms with Crippen LogP contribution in [0.15, 0.2) is 28.7 Å². The van der Waals surface area contributed by atoms with Crippen LogP contribution in [0, 0.1) is 23.7 Å². The number of hydrogen-bond donors (Lipinski definition) is 1. The molecule has 0 aliphatic heterocycles. The SMILES string of the molecule is CC(C)=C1[C@@H]2CC[C@@H]1[C@@H](C(=O)NCc1cccs1)[C@H]2C(=O)[O-]. The number of nitrogens with one attached hydrogen (secondary N) is 1. The molecular weight excluding hydrogens is 298 g/mol. The van der Waals surface area contributed by atoms with Crippen molar-refractivity contribution >= 4 is 23.2 Å². The van der Waals surface area contributed by atoms with Gasteiger partial charge in [0.1, 0.15) is 0 Å². The van der Waals surface area contributed by atoms with Crippen LogP contribution >= 0.6 is 11.3 Å². The highest BCUT2D eigenvalue weighted by Crippen LogP contribution is 2.56. The average Bonchev–Trinajstić information content (AvgIpc) is 3.17. The number of thiophene rings is 1. The van der Waals surface area contributed by atoms with Gasteiger partial charge in [-0.05, 0) is 50.0 Å². The van der Waals surface area contributed by atoms with Crippen LogP contribution in [0.2, 0.25) is 0 Å². The van der Waals surface area contributed by atoms with Gasteiger partial charge in [-0.3, -0.25) is 4.79 Å². The highest BCUT2D eigenvalue weighted by atomic mass is 32.1. The van der Waals surface area contributed by atoms with E-state index in [0.717, 1.165) is 23.3 Å². The molecule has 3 rings (SSSR count). The third-order valence-corrected chi connectivity index (χ3v) is 5.89. The van der Waals surface area contributed by atoms with Crippen molar-refractivity contribution in [1.29, 1.82) is 0 Å². The van der Waals surface area contributed by atoms with Crippen molar-refractivity contribution in [3.05, 3.63) is 33.5 Å². The first kappa shape index (κ1) is 15.3. The van der Waals surface area contributed by atoms with Gasteiger partial charge in [0.05, 0.1) is 12.5 Å². The van der Waals surface area contributed by atoms with Crippen LogP contribution in [0.4, 0.5) is 0 Å². The first-order chi connectivity index (χ1) is 10.5. The van der Waals surface area contributed by atoms with Gasteiger partial charge in [0.25, 0.3) is 0 Å². The summed E-state index contributed by atoms with van der Waals surface area (Å²) in [5.41, 5.74) is 2.35. The number of fused-ring (bicyclic) bond motifs is 2. The molecule has 0 spiro atoms. The fraction of sp³-hybridized carbons (Fsp3) is 0.529. The number of rotatable bonds is 4. The fourth-order valence-electron chi connectivity index (χ4n) is 4.30. The van der Waals surface area contributed by atoms with Crippen molar-refractivity contribution in [2.45, 2.75) is 33.2 Å². The number of carbonyl (C=O) groups is 2. The molecule has 1 aromatic rings. The molecule has 2 aliphatic rings. The lowest BCUT2D eigenvalue weighted by molar-refractivity contribution is -0.314. The third kappa shape index (κ3) is 2.47. The van der Waals surface area contributed by atoms with E-state index in [1.54, 1.807) is 11.3 Å². The van der Waals surface area contributed by atoms with Gasteiger partial charge in [-0.25, -0.2) is 0 Å². The molecule has 2 bridgehead atoms. The van der Waals surface area contributed by atoms with E-state index in [4.69, 9.17) is 0 Å². The summed E-state index contributed by atoms with van der Waals surface area (Å²) in [6.45, 7) is 4.49. The second-order valence-corrected chi connectivity index (χ2v) is 7.45. The molecule has 1 aromatic heterocycles. The Kier molecular flexibility index (Phi) is 4.08. The van der Waals surface area contributed by atoms with Crippen molar-refractivity contribution in [1.82, 2.24) is 5.32 Å². The Morgan fingerprint density at radius 3 is 2.50 bits per heavy atom. The minimum atomic E-state index is -1.08. The van der Waals surface area contributed by atoms with Crippen LogP contribution in [0.5, 0.6) is 0 Å². The van der Waals surface area contributed by atoms with Crippen molar-refractivity contribution in [3.63, 3.8) is 0 Å². The lowest BCUT2D eigenvalue weighted by Crippen LogP contribution is -2.45. The van der Waals surface area contributed by atoms with Gasteiger partial charge >= 0.3 is 0 Å². The fourth-order valence-corrected chi connectivity index (χ4v) is 4.94. The number of hydrogen-bond acceptors (Lipinski definition) is 4. The lowest BCUT2D eigenvalue weighted by atomic mass is 9.79. The average molecular weight is 318 g/mol. The molecule has 0 unspecified atom stereocenters. The highest BCUT2D eigenvalue weighted by Gasteiger charge is 2.54. The van der Waals surface area contributed by atoms with Crippen molar-refractivity contribution in [2.24, 2.45) is 23.7 Å².